The van der Waals surface area contributed by atoms with Gasteiger partial charge in [-0.25, -0.2) is 0 Å². The summed E-state index contributed by atoms with van der Waals surface area (Å²) in [4.78, 5) is 0. The van der Waals surface area contributed by atoms with Crippen molar-refractivity contribution in [2.24, 2.45) is 11.3 Å². The van der Waals surface area contributed by atoms with Crippen LogP contribution in [0, 0.1) is 11.3 Å². The SMILES string of the molecule is CC[C@H]1C[C@]1(CO)CO[Si](C(C)C)(C(C)C)C(C)C. The summed E-state index contributed by atoms with van der Waals surface area (Å²) in [6.07, 6.45) is 2.32. The fraction of sp³-hybridized carbons (Fsp3) is 1.00. The van der Waals surface area contributed by atoms with Crippen LogP contribution in [0.25, 0.3) is 0 Å². The standard InChI is InChI=1S/C16H34O2Si/c1-8-15-9-16(15,10-17)11-18-19(12(2)3,13(4)5)14(6)7/h12-15,17H,8-11H2,1-7H3/t15-,16-/m0/s1. The van der Waals surface area contributed by atoms with Crippen LogP contribution in [0.4, 0.5) is 0 Å². The van der Waals surface area contributed by atoms with E-state index in [1.807, 2.05) is 0 Å². The second-order valence-electron chi connectivity index (χ2n) is 7.44. The lowest BCUT2D eigenvalue weighted by atomic mass is 10.1. The van der Waals surface area contributed by atoms with Crippen LogP contribution < -0.4 is 0 Å². The molecule has 2 atom stereocenters. The lowest BCUT2D eigenvalue weighted by Gasteiger charge is -2.43. The Balaban J connectivity index is 2.80. The van der Waals surface area contributed by atoms with Crippen LogP contribution in [0.3, 0.4) is 0 Å². The summed E-state index contributed by atoms with van der Waals surface area (Å²) in [5.74, 6) is 0.677. The van der Waals surface area contributed by atoms with Gasteiger partial charge in [-0.05, 0) is 29.0 Å². The lowest BCUT2D eigenvalue weighted by molar-refractivity contribution is 0.122. The summed E-state index contributed by atoms with van der Waals surface area (Å²) in [5.41, 5.74) is 1.97. The summed E-state index contributed by atoms with van der Waals surface area (Å²) in [5, 5.41) is 9.71. The van der Waals surface area contributed by atoms with E-state index < -0.39 is 8.32 Å². The second kappa shape index (κ2) is 6.27. The highest BCUT2D eigenvalue weighted by molar-refractivity contribution is 6.77. The Morgan fingerprint density at radius 3 is 1.84 bits per heavy atom. The van der Waals surface area contributed by atoms with Crippen LogP contribution in [0.5, 0.6) is 0 Å². The summed E-state index contributed by atoms with van der Waals surface area (Å²) in [6.45, 7) is 17.2. The minimum absolute atomic E-state index is 0.0890. The first-order chi connectivity index (χ1) is 8.76. The van der Waals surface area contributed by atoms with E-state index in [-0.39, 0.29) is 5.41 Å². The number of aliphatic hydroxyl groups excluding tert-OH is 1. The minimum atomic E-state index is -1.77. The number of aliphatic hydroxyl groups is 1. The number of rotatable bonds is 8. The first kappa shape index (κ1) is 17.2. The Bertz CT molecular complexity index is 267. The molecule has 1 aliphatic rings. The van der Waals surface area contributed by atoms with Crippen LogP contribution in [0.2, 0.25) is 16.6 Å². The van der Waals surface area contributed by atoms with Gasteiger partial charge in [0.1, 0.15) is 0 Å². The fourth-order valence-electron chi connectivity index (χ4n) is 4.19. The second-order valence-corrected chi connectivity index (χ2v) is 12.9. The van der Waals surface area contributed by atoms with E-state index in [9.17, 15) is 5.11 Å². The largest absolute Gasteiger partial charge is 0.415 e. The summed E-state index contributed by atoms with van der Waals surface area (Å²) in [6, 6.07) is 0. The van der Waals surface area contributed by atoms with Gasteiger partial charge in [-0.3, -0.25) is 0 Å². The van der Waals surface area contributed by atoms with E-state index in [1.165, 1.54) is 6.42 Å². The van der Waals surface area contributed by atoms with Crippen LogP contribution in [0.15, 0.2) is 0 Å². The van der Waals surface area contributed by atoms with Crippen LogP contribution in [-0.2, 0) is 4.43 Å². The third-order valence-corrected chi connectivity index (χ3v) is 11.5. The van der Waals surface area contributed by atoms with Crippen molar-refractivity contribution in [2.45, 2.75) is 77.9 Å². The molecule has 1 fully saturated rings. The molecule has 0 radical (unpaired) electrons. The van der Waals surface area contributed by atoms with E-state index in [1.54, 1.807) is 0 Å². The van der Waals surface area contributed by atoms with E-state index in [0.29, 0.717) is 29.1 Å². The molecule has 0 unspecified atom stereocenters. The fourth-order valence-corrected chi connectivity index (χ4v) is 9.73. The summed E-state index contributed by atoms with van der Waals surface area (Å²) in [7, 11) is -1.77. The molecule has 114 valence electrons. The van der Waals surface area contributed by atoms with Crippen molar-refractivity contribution in [3.8, 4) is 0 Å². The lowest BCUT2D eigenvalue weighted by Crippen LogP contribution is -2.49. The molecule has 0 saturated heterocycles. The van der Waals surface area contributed by atoms with E-state index in [0.717, 1.165) is 13.0 Å². The predicted octanol–water partition coefficient (Wildman–Crippen LogP) is 4.59. The molecule has 0 spiro atoms. The number of hydrogen-bond acceptors (Lipinski definition) is 2. The molecule has 2 nitrogen and oxygen atoms in total. The van der Waals surface area contributed by atoms with Crippen LogP contribution >= 0.6 is 0 Å². The van der Waals surface area contributed by atoms with E-state index in [2.05, 4.69) is 48.5 Å². The van der Waals surface area contributed by atoms with Gasteiger partial charge < -0.3 is 9.53 Å². The molecule has 1 N–H and O–H groups in total. The first-order valence-electron chi connectivity index (χ1n) is 8.01. The van der Waals surface area contributed by atoms with Gasteiger partial charge in [-0.2, -0.15) is 0 Å². The zero-order valence-electron chi connectivity index (χ0n) is 14.0. The molecule has 0 aromatic rings. The zero-order valence-corrected chi connectivity index (χ0v) is 15.0. The van der Waals surface area contributed by atoms with Gasteiger partial charge in [0.2, 0.25) is 0 Å². The first-order valence-corrected chi connectivity index (χ1v) is 10.2. The van der Waals surface area contributed by atoms with Crippen molar-refractivity contribution in [2.75, 3.05) is 13.2 Å². The Hall–Kier alpha value is 0.137. The minimum Gasteiger partial charge on any atom is -0.415 e. The highest BCUT2D eigenvalue weighted by Crippen LogP contribution is 2.55. The normalized spacial score (nSPS) is 27.6. The molecule has 1 saturated carbocycles. The predicted molar refractivity (Wildman–Crippen MR) is 84.9 cm³/mol. The maximum Gasteiger partial charge on any atom is 0.200 e. The molecule has 0 bridgehead atoms. The van der Waals surface area contributed by atoms with E-state index in [4.69, 9.17) is 4.43 Å². The average Bonchev–Trinajstić information content (AvgIpc) is 3.03. The van der Waals surface area contributed by atoms with Gasteiger partial charge in [0.25, 0.3) is 0 Å². The van der Waals surface area contributed by atoms with Gasteiger partial charge in [0, 0.05) is 12.0 Å². The topological polar surface area (TPSA) is 29.5 Å². The maximum absolute atomic E-state index is 9.71. The Kier molecular flexibility index (Phi) is 5.68. The van der Waals surface area contributed by atoms with Gasteiger partial charge in [0.05, 0.1) is 6.61 Å². The molecule has 0 amide bonds. The summed E-state index contributed by atoms with van der Waals surface area (Å²) < 4.78 is 6.64. The van der Waals surface area contributed by atoms with Gasteiger partial charge >= 0.3 is 0 Å². The van der Waals surface area contributed by atoms with Gasteiger partial charge in [-0.1, -0.05) is 54.9 Å². The third kappa shape index (κ3) is 3.08. The Morgan fingerprint density at radius 2 is 1.58 bits per heavy atom. The van der Waals surface area contributed by atoms with E-state index >= 15 is 0 Å². The van der Waals surface area contributed by atoms with Crippen molar-refractivity contribution in [1.82, 2.24) is 0 Å². The van der Waals surface area contributed by atoms with Gasteiger partial charge in [0.15, 0.2) is 8.32 Å². The van der Waals surface area contributed by atoms with Gasteiger partial charge in [-0.15, -0.1) is 0 Å². The van der Waals surface area contributed by atoms with Crippen molar-refractivity contribution in [3.63, 3.8) is 0 Å². The van der Waals surface area contributed by atoms with Crippen molar-refractivity contribution < 1.29 is 9.53 Å². The van der Waals surface area contributed by atoms with Crippen molar-refractivity contribution >= 4 is 8.32 Å². The zero-order chi connectivity index (χ0) is 14.8. The Morgan fingerprint density at radius 1 is 1.11 bits per heavy atom. The number of hydrogen-bond donors (Lipinski definition) is 1. The molecule has 0 heterocycles. The van der Waals surface area contributed by atoms with Crippen LogP contribution in [-0.4, -0.2) is 26.6 Å². The quantitative estimate of drug-likeness (QED) is 0.661. The Labute approximate surface area is 121 Å². The van der Waals surface area contributed by atoms with Crippen LogP contribution in [0.1, 0.15) is 61.3 Å². The molecule has 1 rings (SSSR count). The molecule has 19 heavy (non-hydrogen) atoms. The monoisotopic (exact) mass is 286 g/mol. The average molecular weight is 287 g/mol. The molecule has 0 aliphatic heterocycles. The maximum atomic E-state index is 9.71. The molecule has 1 aliphatic carbocycles. The van der Waals surface area contributed by atoms with Crippen molar-refractivity contribution in [3.05, 3.63) is 0 Å². The molecular weight excluding hydrogens is 252 g/mol. The van der Waals surface area contributed by atoms with Crippen molar-refractivity contribution in [1.29, 1.82) is 0 Å². The molecule has 0 aromatic carbocycles. The smallest absolute Gasteiger partial charge is 0.200 e. The highest BCUT2D eigenvalue weighted by Gasteiger charge is 2.55. The third-order valence-electron chi connectivity index (χ3n) is 5.48. The molecular formula is C16H34O2Si. The highest BCUT2D eigenvalue weighted by atomic mass is 28.4. The molecule has 3 heteroatoms. The summed E-state index contributed by atoms with van der Waals surface area (Å²) >= 11 is 0. The molecule has 0 aromatic heterocycles.